The van der Waals surface area contributed by atoms with Gasteiger partial charge in [-0.25, -0.2) is 0 Å². The fraction of sp³-hybridized carbons (Fsp3) is 0. The van der Waals surface area contributed by atoms with Crippen LogP contribution in [-0.4, -0.2) is 17.5 Å². The van der Waals surface area contributed by atoms with Crippen LogP contribution < -0.4 is 71.7 Å². The summed E-state index contributed by atoms with van der Waals surface area (Å²) < 4.78 is 0. The van der Waals surface area contributed by atoms with Crippen LogP contribution >= 0.6 is 0 Å². The minimum absolute atomic E-state index is 0. The van der Waals surface area contributed by atoms with Crippen LogP contribution in [0.3, 0.4) is 0 Å². The molecule has 0 spiro atoms. The van der Waals surface area contributed by atoms with Crippen molar-refractivity contribution in [3.8, 4) is 11.5 Å². The largest absolute Gasteiger partial charge is 1.00 e. The van der Waals surface area contributed by atoms with E-state index in [0.717, 1.165) is 0 Å². The van der Waals surface area contributed by atoms with Crippen LogP contribution in [0, 0.1) is 0 Å². The zero-order valence-corrected chi connectivity index (χ0v) is 9.01. The molecule has 1 rings (SSSR count). The topological polar surface area (TPSA) is 110 Å². The summed E-state index contributed by atoms with van der Waals surface area (Å²) in [5.74, 6) is -0.153. The van der Waals surface area contributed by atoms with E-state index >= 15 is 0 Å². The summed E-state index contributed by atoms with van der Waals surface area (Å²) in [5.41, 5.74) is 0. The van der Waals surface area contributed by atoms with Crippen LogP contribution in [-0.2, 0) is 0 Å². The summed E-state index contributed by atoms with van der Waals surface area (Å²) in [6, 6.07) is 6.15. The Labute approximate surface area is 124 Å². The average Bonchev–Trinajstić information content (AvgIpc) is 1.94. The number of phenols is 2. The van der Waals surface area contributed by atoms with E-state index in [9.17, 15) is 0 Å². The Hall–Kier alpha value is 0.557. The molecule has 0 saturated carbocycles. The van der Waals surface area contributed by atoms with E-state index in [-0.39, 0.29) is 68.1 Å². The molecule has 0 aromatic heterocycles. The Kier molecular flexibility index (Phi) is 24.0. The van der Waals surface area contributed by atoms with Crippen molar-refractivity contribution >= 4 is 7.32 Å². The van der Waals surface area contributed by atoms with Gasteiger partial charge in [-0.05, 0) is 12.1 Å². The van der Waals surface area contributed by atoms with Gasteiger partial charge in [0.25, 0.3) is 0 Å². The van der Waals surface area contributed by atoms with Crippen molar-refractivity contribution in [2.75, 3.05) is 0 Å². The zero-order valence-electron chi connectivity index (χ0n) is 9.01. The summed E-state index contributed by atoms with van der Waals surface area (Å²) in [6.45, 7) is 0. The van der Waals surface area contributed by atoms with Gasteiger partial charge in [0.15, 0.2) is 11.5 Å². The van der Waals surface area contributed by atoms with E-state index in [4.69, 9.17) is 25.3 Å². The standard InChI is InChI=1S/C6H6O2.BO3.3Li/c7-5-3-1-2-4-6(5)8;2-1(3)4;;;/h1-4,7-8H;;;;/q;-3;3*+1. The molecule has 0 unspecified atom stereocenters. The van der Waals surface area contributed by atoms with E-state index in [2.05, 4.69) is 0 Å². The molecule has 15 heavy (non-hydrogen) atoms. The van der Waals surface area contributed by atoms with Gasteiger partial charge < -0.3 is 25.3 Å². The maximum absolute atomic E-state index is 8.67. The average molecular weight is 190 g/mol. The molecule has 0 fully saturated rings. The number of rotatable bonds is 0. The van der Waals surface area contributed by atoms with E-state index < -0.39 is 7.32 Å². The van der Waals surface area contributed by atoms with Crippen molar-refractivity contribution in [3.63, 3.8) is 0 Å². The van der Waals surface area contributed by atoms with Crippen molar-refractivity contribution in [1.82, 2.24) is 0 Å². The summed E-state index contributed by atoms with van der Waals surface area (Å²) >= 11 is 0. The summed E-state index contributed by atoms with van der Waals surface area (Å²) in [7, 11) is -2.92. The molecule has 9 heteroatoms. The first-order chi connectivity index (χ1) is 5.54. The molecule has 1 aromatic rings. The Morgan fingerprint density at radius 1 is 0.800 bits per heavy atom. The summed E-state index contributed by atoms with van der Waals surface area (Å²) in [6.07, 6.45) is 0. The molecule has 0 saturated heterocycles. The third kappa shape index (κ3) is 17.2. The smallest absolute Gasteiger partial charge is 0.907 e. The second-order valence-electron chi connectivity index (χ2n) is 1.78. The van der Waals surface area contributed by atoms with Crippen LogP contribution in [0.5, 0.6) is 11.5 Å². The Balaban J connectivity index is -0.0000000779. The first-order valence-corrected chi connectivity index (χ1v) is 2.98. The van der Waals surface area contributed by atoms with E-state index in [1.54, 1.807) is 12.1 Å². The fourth-order valence-electron chi connectivity index (χ4n) is 0.464. The van der Waals surface area contributed by atoms with Crippen LogP contribution in [0.25, 0.3) is 0 Å². The second-order valence-corrected chi connectivity index (χ2v) is 1.78. The first kappa shape index (κ1) is 24.7. The van der Waals surface area contributed by atoms with Crippen LogP contribution in [0.2, 0.25) is 0 Å². The van der Waals surface area contributed by atoms with Gasteiger partial charge in [-0.3, -0.25) is 7.32 Å². The van der Waals surface area contributed by atoms with Gasteiger partial charge in [-0.2, -0.15) is 0 Å². The normalized spacial score (nSPS) is 6.60. The van der Waals surface area contributed by atoms with Gasteiger partial charge in [0.05, 0.1) is 0 Å². The molecule has 0 aliphatic rings. The predicted molar refractivity (Wildman–Crippen MR) is 35.5 cm³/mol. The maximum atomic E-state index is 8.67. The number of aromatic hydroxyl groups is 2. The van der Waals surface area contributed by atoms with E-state index in [1.165, 1.54) is 12.1 Å². The molecule has 0 aliphatic carbocycles. The maximum Gasteiger partial charge on any atom is 1.00 e. The van der Waals surface area contributed by atoms with Crippen LogP contribution in [0.15, 0.2) is 24.3 Å². The third-order valence-electron chi connectivity index (χ3n) is 0.882. The quantitative estimate of drug-likeness (QED) is 0.311. The predicted octanol–water partition coefficient (Wildman–Crippen LogP) is -11.8. The minimum Gasteiger partial charge on any atom is -0.907 e. The summed E-state index contributed by atoms with van der Waals surface area (Å²) in [5, 5.41) is 42.6. The first-order valence-electron chi connectivity index (χ1n) is 2.98. The van der Waals surface area contributed by atoms with Gasteiger partial charge in [-0.15, -0.1) is 0 Å². The van der Waals surface area contributed by atoms with E-state index in [0.29, 0.717) is 0 Å². The number of phenolic OH excluding ortho intramolecular Hbond substituents is 2. The van der Waals surface area contributed by atoms with Crippen molar-refractivity contribution in [2.24, 2.45) is 0 Å². The minimum atomic E-state index is -2.92. The van der Waals surface area contributed by atoms with Gasteiger partial charge >= 0.3 is 56.6 Å². The molecule has 0 amide bonds. The molecule has 0 radical (unpaired) electrons. The van der Waals surface area contributed by atoms with Crippen molar-refractivity contribution in [2.45, 2.75) is 0 Å². The number of benzene rings is 1. The Morgan fingerprint density at radius 2 is 1.00 bits per heavy atom. The molecule has 0 heterocycles. The second kappa shape index (κ2) is 14.6. The number of para-hydroxylation sites is 2. The van der Waals surface area contributed by atoms with E-state index in [1.807, 2.05) is 0 Å². The molecular weight excluding hydrogens is 184 g/mol. The van der Waals surface area contributed by atoms with Gasteiger partial charge in [0.1, 0.15) is 0 Å². The molecule has 66 valence electrons. The van der Waals surface area contributed by atoms with Crippen LogP contribution in [0.4, 0.5) is 0 Å². The van der Waals surface area contributed by atoms with Crippen molar-refractivity contribution in [1.29, 1.82) is 0 Å². The van der Waals surface area contributed by atoms with Crippen LogP contribution in [0.1, 0.15) is 0 Å². The number of hydrogen-bond acceptors (Lipinski definition) is 5. The molecular formula is C6H6BLi3O5. The summed E-state index contributed by atoms with van der Waals surface area (Å²) in [4.78, 5) is 0. The molecule has 0 bridgehead atoms. The number of hydrogen-bond donors (Lipinski definition) is 2. The Bertz CT molecular complexity index is 214. The van der Waals surface area contributed by atoms with Crippen molar-refractivity contribution in [3.05, 3.63) is 24.3 Å². The fourth-order valence-corrected chi connectivity index (χ4v) is 0.464. The Morgan fingerprint density at radius 3 is 1.13 bits per heavy atom. The molecule has 1 aromatic carbocycles. The molecule has 0 aliphatic heterocycles. The van der Waals surface area contributed by atoms with Gasteiger partial charge in [0.2, 0.25) is 0 Å². The SMILES string of the molecule is Oc1ccccc1O.[Li+].[Li+].[Li+].[O-]B([O-])[O-]. The monoisotopic (exact) mass is 190 g/mol. The van der Waals surface area contributed by atoms with Crippen molar-refractivity contribution < 1.29 is 81.9 Å². The third-order valence-corrected chi connectivity index (χ3v) is 0.882. The molecule has 0 atom stereocenters. The zero-order chi connectivity index (χ0) is 9.56. The molecule has 5 nitrogen and oxygen atoms in total. The van der Waals surface area contributed by atoms with Gasteiger partial charge in [-0.1, -0.05) is 12.1 Å². The van der Waals surface area contributed by atoms with Gasteiger partial charge in [0, 0.05) is 0 Å². The molecule has 2 N–H and O–H groups in total.